The normalized spacial score (nSPS) is 13.2. The Bertz CT molecular complexity index is 585. The monoisotopic (exact) mass is 394 g/mol. The lowest BCUT2D eigenvalue weighted by atomic mass is 10.1. The SMILES string of the molecule is CC[Si](CC)(CC)O/C(=C/[C@H](C)COCc1ccc(OC)cc1)C(=O)OC. The number of rotatable bonds is 12. The van der Waals surface area contributed by atoms with E-state index in [1.165, 1.54) is 7.11 Å². The first-order valence-electron chi connectivity index (χ1n) is 9.63. The molecule has 0 aliphatic rings. The number of ether oxygens (including phenoxy) is 3. The zero-order chi connectivity index (χ0) is 20.3. The van der Waals surface area contributed by atoms with Crippen LogP contribution in [0.15, 0.2) is 36.1 Å². The van der Waals surface area contributed by atoms with Gasteiger partial charge in [0.25, 0.3) is 8.32 Å². The van der Waals surface area contributed by atoms with Crippen LogP contribution in [0.1, 0.15) is 33.3 Å². The van der Waals surface area contributed by atoms with Gasteiger partial charge in [-0.25, -0.2) is 4.79 Å². The number of methoxy groups -OCH3 is 2. The van der Waals surface area contributed by atoms with E-state index in [1.807, 2.05) is 37.3 Å². The van der Waals surface area contributed by atoms with Crippen molar-refractivity contribution in [2.45, 2.75) is 52.4 Å². The Labute approximate surface area is 164 Å². The van der Waals surface area contributed by atoms with Gasteiger partial charge in [-0.05, 0) is 41.9 Å². The molecule has 1 atom stereocenters. The van der Waals surface area contributed by atoms with Crippen LogP contribution in [0.3, 0.4) is 0 Å². The minimum Gasteiger partial charge on any atom is -0.539 e. The van der Waals surface area contributed by atoms with Crippen molar-refractivity contribution in [3.63, 3.8) is 0 Å². The van der Waals surface area contributed by atoms with Gasteiger partial charge in [-0.2, -0.15) is 0 Å². The third-order valence-corrected chi connectivity index (χ3v) is 9.41. The van der Waals surface area contributed by atoms with Gasteiger partial charge < -0.3 is 18.6 Å². The molecule has 0 saturated carbocycles. The fourth-order valence-corrected chi connectivity index (χ4v) is 5.39. The molecular formula is C21H34O5Si. The van der Waals surface area contributed by atoms with E-state index in [9.17, 15) is 4.79 Å². The highest BCUT2D eigenvalue weighted by Gasteiger charge is 2.33. The van der Waals surface area contributed by atoms with E-state index >= 15 is 0 Å². The Hall–Kier alpha value is -1.79. The van der Waals surface area contributed by atoms with Gasteiger partial charge in [0.1, 0.15) is 5.75 Å². The Balaban J connectivity index is 2.70. The Kier molecular flexibility index (Phi) is 10.2. The molecule has 0 unspecified atom stereocenters. The summed E-state index contributed by atoms with van der Waals surface area (Å²) < 4.78 is 22.1. The second-order valence-electron chi connectivity index (χ2n) is 6.71. The van der Waals surface area contributed by atoms with Gasteiger partial charge in [-0.1, -0.05) is 39.8 Å². The maximum Gasteiger partial charge on any atom is 0.371 e. The highest BCUT2D eigenvalue weighted by molar-refractivity contribution is 6.74. The lowest BCUT2D eigenvalue weighted by Crippen LogP contribution is -2.37. The molecule has 0 N–H and O–H groups in total. The second kappa shape index (κ2) is 11.8. The fraction of sp³-hybridized carbons (Fsp3) is 0.571. The van der Waals surface area contributed by atoms with Gasteiger partial charge >= 0.3 is 5.97 Å². The van der Waals surface area contributed by atoms with Crippen LogP contribution >= 0.6 is 0 Å². The van der Waals surface area contributed by atoms with Crippen molar-refractivity contribution >= 4 is 14.3 Å². The quantitative estimate of drug-likeness (QED) is 0.218. The average molecular weight is 395 g/mol. The van der Waals surface area contributed by atoms with E-state index in [-0.39, 0.29) is 5.92 Å². The third-order valence-electron chi connectivity index (χ3n) is 4.89. The standard InChI is InChI=1S/C21H34O5Si/c1-7-27(8-2,9-3)26-20(21(22)24-6)14-17(4)15-25-16-18-10-12-19(23-5)13-11-18/h10-14,17H,7-9,15-16H2,1-6H3/b20-14+/t17-/m0/s1. The van der Waals surface area contributed by atoms with E-state index in [4.69, 9.17) is 18.6 Å². The van der Waals surface area contributed by atoms with Crippen LogP contribution in [0.2, 0.25) is 18.1 Å². The van der Waals surface area contributed by atoms with Crippen molar-refractivity contribution in [2.75, 3.05) is 20.8 Å². The lowest BCUT2D eigenvalue weighted by molar-refractivity contribution is -0.138. The predicted molar refractivity (Wildman–Crippen MR) is 110 cm³/mol. The molecule has 27 heavy (non-hydrogen) atoms. The summed E-state index contributed by atoms with van der Waals surface area (Å²) in [6, 6.07) is 10.7. The average Bonchev–Trinajstić information content (AvgIpc) is 2.71. The number of hydrogen-bond donors (Lipinski definition) is 0. The molecule has 152 valence electrons. The van der Waals surface area contributed by atoms with Crippen LogP contribution in [0.5, 0.6) is 5.75 Å². The minimum atomic E-state index is -1.94. The lowest BCUT2D eigenvalue weighted by Gasteiger charge is -2.29. The molecule has 0 aliphatic heterocycles. The van der Waals surface area contributed by atoms with Crippen LogP contribution in [0, 0.1) is 5.92 Å². The molecule has 6 heteroatoms. The first kappa shape index (κ1) is 23.2. The van der Waals surface area contributed by atoms with Crippen molar-refractivity contribution in [1.29, 1.82) is 0 Å². The maximum absolute atomic E-state index is 12.2. The van der Waals surface area contributed by atoms with E-state index < -0.39 is 14.3 Å². The van der Waals surface area contributed by atoms with E-state index in [0.29, 0.717) is 19.0 Å². The highest BCUT2D eigenvalue weighted by Crippen LogP contribution is 2.26. The molecular weight excluding hydrogens is 360 g/mol. The number of benzene rings is 1. The van der Waals surface area contributed by atoms with Crippen molar-refractivity contribution in [3.8, 4) is 5.75 Å². The molecule has 0 aromatic heterocycles. The van der Waals surface area contributed by atoms with Crippen molar-refractivity contribution in [3.05, 3.63) is 41.7 Å². The van der Waals surface area contributed by atoms with Crippen LogP contribution in [0.25, 0.3) is 0 Å². The molecule has 0 heterocycles. The van der Waals surface area contributed by atoms with Gasteiger partial charge in [0.05, 0.1) is 27.4 Å². The molecule has 1 rings (SSSR count). The summed E-state index contributed by atoms with van der Waals surface area (Å²) in [4.78, 5) is 12.2. The van der Waals surface area contributed by atoms with Crippen LogP contribution in [-0.2, 0) is 25.3 Å². The molecule has 0 aliphatic carbocycles. The topological polar surface area (TPSA) is 54.0 Å². The Morgan fingerprint density at radius 2 is 1.67 bits per heavy atom. The summed E-state index contributed by atoms with van der Waals surface area (Å²) in [7, 11) is 1.09. The number of esters is 1. The first-order valence-corrected chi connectivity index (χ1v) is 12.2. The Morgan fingerprint density at radius 3 is 2.15 bits per heavy atom. The molecule has 0 spiro atoms. The van der Waals surface area contributed by atoms with Crippen molar-refractivity contribution in [1.82, 2.24) is 0 Å². The van der Waals surface area contributed by atoms with E-state index in [1.54, 1.807) is 7.11 Å². The van der Waals surface area contributed by atoms with Crippen LogP contribution < -0.4 is 4.74 Å². The molecule has 0 bridgehead atoms. The van der Waals surface area contributed by atoms with Crippen molar-refractivity contribution in [2.24, 2.45) is 5.92 Å². The number of hydrogen-bond acceptors (Lipinski definition) is 5. The van der Waals surface area contributed by atoms with E-state index in [0.717, 1.165) is 29.4 Å². The molecule has 0 radical (unpaired) electrons. The van der Waals surface area contributed by atoms with Gasteiger partial charge in [-0.3, -0.25) is 0 Å². The fourth-order valence-electron chi connectivity index (χ4n) is 2.84. The van der Waals surface area contributed by atoms with Gasteiger partial charge in [0.15, 0.2) is 5.76 Å². The summed E-state index contributed by atoms with van der Waals surface area (Å²) in [5, 5.41) is 0. The summed E-state index contributed by atoms with van der Waals surface area (Å²) >= 11 is 0. The smallest absolute Gasteiger partial charge is 0.371 e. The summed E-state index contributed by atoms with van der Waals surface area (Å²) in [6.45, 7) is 9.41. The Morgan fingerprint density at radius 1 is 1.07 bits per heavy atom. The molecule has 0 fully saturated rings. The van der Waals surface area contributed by atoms with Gasteiger partial charge in [0.2, 0.25) is 0 Å². The molecule has 1 aromatic rings. The van der Waals surface area contributed by atoms with Crippen LogP contribution in [0.4, 0.5) is 0 Å². The minimum absolute atomic E-state index is 0.0367. The van der Waals surface area contributed by atoms with Gasteiger partial charge in [-0.15, -0.1) is 0 Å². The third kappa shape index (κ3) is 7.38. The second-order valence-corrected chi connectivity index (χ2v) is 11.4. The first-order chi connectivity index (χ1) is 12.9. The van der Waals surface area contributed by atoms with Crippen LogP contribution in [-0.4, -0.2) is 35.1 Å². The molecule has 0 amide bonds. The maximum atomic E-state index is 12.2. The largest absolute Gasteiger partial charge is 0.539 e. The number of carbonyl (C=O) groups is 1. The zero-order valence-corrected chi connectivity index (χ0v) is 18.5. The van der Waals surface area contributed by atoms with Gasteiger partial charge in [0, 0.05) is 5.92 Å². The number of carbonyl (C=O) groups excluding carboxylic acids is 1. The molecule has 5 nitrogen and oxygen atoms in total. The van der Waals surface area contributed by atoms with Crippen molar-refractivity contribution < 1.29 is 23.4 Å². The summed E-state index contributed by atoms with van der Waals surface area (Å²) in [5.74, 6) is 0.777. The predicted octanol–water partition coefficient (Wildman–Crippen LogP) is 4.93. The van der Waals surface area contributed by atoms with E-state index in [2.05, 4.69) is 20.8 Å². The highest BCUT2D eigenvalue weighted by atomic mass is 28.4. The molecule has 0 saturated heterocycles. The zero-order valence-electron chi connectivity index (χ0n) is 17.5. The molecule has 1 aromatic carbocycles. The summed E-state index contributed by atoms with van der Waals surface area (Å²) in [6.07, 6.45) is 1.84. The summed E-state index contributed by atoms with van der Waals surface area (Å²) in [5.41, 5.74) is 1.07.